The second kappa shape index (κ2) is 9.07. The molecule has 27 heavy (non-hydrogen) atoms. The van der Waals surface area contributed by atoms with Crippen LogP contribution in [-0.2, 0) is 14.3 Å². The van der Waals surface area contributed by atoms with Gasteiger partial charge in [0.15, 0.2) is 23.6 Å². The van der Waals surface area contributed by atoms with Crippen LogP contribution in [0.3, 0.4) is 0 Å². The van der Waals surface area contributed by atoms with Gasteiger partial charge in [-0.05, 0) is 37.6 Å². The number of hydrogen-bond donors (Lipinski definition) is 1. The van der Waals surface area contributed by atoms with Gasteiger partial charge in [0.2, 0.25) is 0 Å². The van der Waals surface area contributed by atoms with Crippen LogP contribution in [-0.4, -0.2) is 24.6 Å². The standard InChI is InChI=1S/C19H18F3NO4/c1-11-5-3-4-6-15(11)26-10-9-16(24)27-12(2)19(25)23-14-8-7-13(20)17(21)18(14)22/h3-8,12H,9-10H2,1-2H3,(H,23,25)/t12-/m1/s1. The van der Waals surface area contributed by atoms with Gasteiger partial charge in [0.25, 0.3) is 5.91 Å². The minimum Gasteiger partial charge on any atom is -0.493 e. The highest BCUT2D eigenvalue weighted by atomic mass is 19.2. The molecule has 2 aromatic carbocycles. The Balaban J connectivity index is 1.82. The van der Waals surface area contributed by atoms with Crippen LogP contribution in [0.5, 0.6) is 5.75 Å². The van der Waals surface area contributed by atoms with Crippen LogP contribution in [0.4, 0.5) is 18.9 Å². The van der Waals surface area contributed by atoms with Crippen molar-refractivity contribution in [3.8, 4) is 5.75 Å². The van der Waals surface area contributed by atoms with Crippen LogP contribution in [0, 0.1) is 24.4 Å². The van der Waals surface area contributed by atoms with E-state index in [1.807, 2.05) is 24.4 Å². The lowest BCUT2D eigenvalue weighted by Gasteiger charge is -2.14. The van der Waals surface area contributed by atoms with Crippen molar-refractivity contribution in [2.45, 2.75) is 26.4 Å². The average Bonchev–Trinajstić information content (AvgIpc) is 2.63. The second-order valence-electron chi connectivity index (χ2n) is 5.71. The van der Waals surface area contributed by atoms with Crippen LogP contribution >= 0.6 is 0 Å². The Morgan fingerprint density at radius 3 is 2.48 bits per heavy atom. The number of hydrogen-bond acceptors (Lipinski definition) is 4. The zero-order valence-electron chi connectivity index (χ0n) is 14.7. The Labute approximate surface area is 154 Å². The number of para-hydroxylation sites is 1. The SMILES string of the molecule is Cc1ccccc1OCCC(=O)O[C@H](C)C(=O)Nc1ccc(F)c(F)c1F. The minimum absolute atomic E-state index is 0.0514. The van der Waals surface area contributed by atoms with Gasteiger partial charge in [-0.25, -0.2) is 13.2 Å². The normalized spacial score (nSPS) is 11.6. The fourth-order valence-corrected chi connectivity index (χ4v) is 2.13. The summed E-state index contributed by atoms with van der Waals surface area (Å²) in [6, 6.07) is 8.81. The number of esters is 1. The predicted molar refractivity (Wildman–Crippen MR) is 91.8 cm³/mol. The molecule has 0 aliphatic heterocycles. The number of ether oxygens (including phenoxy) is 2. The number of benzene rings is 2. The number of carbonyl (C=O) groups excluding carboxylic acids is 2. The molecule has 0 spiro atoms. The summed E-state index contributed by atoms with van der Waals surface area (Å²) in [5, 5.41) is 2.04. The van der Waals surface area contributed by atoms with Gasteiger partial charge in [0, 0.05) is 0 Å². The van der Waals surface area contributed by atoms with Gasteiger partial charge in [-0.15, -0.1) is 0 Å². The maximum Gasteiger partial charge on any atom is 0.310 e. The topological polar surface area (TPSA) is 64.6 Å². The molecule has 0 aliphatic rings. The van der Waals surface area contributed by atoms with E-state index in [1.54, 1.807) is 12.1 Å². The molecule has 8 heteroatoms. The molecule has 0 unspecified atom stereocenters. The fraction of sp³-hybridized carbons (Fsp3) is 0.263. The van der Waals surface area contributed by atoms with Crippen molar-refractivity contribution in [2.24, 2.45) is 0 Å². The van der Waals surface area contributed by atoms with Crippen molar-refractivity contribution < 1.29 is 32.2 Å². The summed E-state index contributed by atoms with van der Waals surface area (Å²) >= 11 is 0. The summed E-state index contributed by atoms with van der Waals surface area (Å²) < 4.78 is 50.0. The van der Waals surface area contributed by atoms with Gasteiger partial charge in [-0.3, -0.25) is 9.59 Å². The third-order valence-electron chi connectivity index (χ3n) is 3.63. The molecule has 2 aromatic rings. The van der Waals surface area contributed by atoms with E-state index in [2.05, 4.69) is 0 Å². The molecule has 144 valence electrons. The van der Waals surface area contributed by atoms with Crippen LogP contribution < -0.4 is 10.1 Å². The van der Waals surface area contributed by atoms with Crippen molar-refractivity contribution in [3.63, 3.8) is 0 Å². The molecule has 1 N–H and O–H groups in total. The quantitative estimate of drug-likeness (QED) is 0.586. The first-order valence-corrected chi connectivity index (χ1v) is 8.12. The number of carbonyl (C=O) groups is 2. The van der Waals surface area contributed by atoms with Crippen molar-refractivity contribution in [2.75, 3.05) is 11.9 Å². The summed E-state index contributed by atoms with van der Waals surface area (Å²) in [7, 11) is 0. The number of nitrogens with one attached hydrogen (secondary N) is 1. The molecule has 0 fully saturated rings. The number of rotatable bonds is 7. The Morgan fingerprint density at radius 2 is 1.78 bits per heavy atom. The van der Waals surface area contributed by atoms with Crippen molar-refractivity contribution in [3.05, 3.63) is 59.4 Å². The van der Waals surface area contributed by atoms with Crippen LogP contribution in [0.1, 0.15) is 18.9 Å². The van der Waals surface area contributed by atoms with Crippen LogP contribution in [0.2, 0.25) is 0 Å². The van der Waals surface area contributed by atoms with Gasteiger partial charge in [0.1, 0.15) is 5.75 Å². The lowest BCUT2D eigenvalue weighted by molar-refractivity contribution is -0.153. The van der Waals surface area contributed by atoms with Crippen LogP contribution in [0.15, 0.2) is 36.4 Å². The first kappa shape index (κ1) is 20.3. The van der Waals surface area contributed by atoms with Gasteiger partial charge >= 0.3 is 5.97 Å². The van der Waals surface area contributed by atoms with E-state index in [9.17, 15) is 22.8 Å². The number of amides is 1. The maximum absolute atomic E-state index is 13.6. The zero-order chi connectivity index (χ0) is 20.0. The van der Waals surface area contributed by atoms with E-state index in [4.69, 9.17) is 9.47 Å². The highest BCUT2D eigenvalue weighted by Gasteiger charge is 2.21. The lowest BCUT2D eigenvalue weighted by atomic mass is 10.2. The Kier molecular flexibility index (Phi) is 6.81. The highest BCUT2D eigenvalue weighted by Crippen LogP contribution is 2.20. The Bertz CT molecular complexity index is 842. The maximum atomic E-state index is 13.6. The van der Waals surface area contributed by atoms with E-state index < -0.39 is 41.1 Å². The first-order valence-electron chi connectivity index (χ1n) is 8.12. The third-order valence-corrected chi connectivity index (χ3v) is 3.63. The molecular weight excluding hydrogens is 363 g/mol. The molecule has 1 atom stereocenters. The van der Waals surface area contributed by atoms with Gasteiger partial charge in [-0.2, -0.15) is 0 Å². The molecule has 2 rings (SSSR count). The molecule has 0 heterocycles. The third kappa shape index (κ3) is 5.47. The molecule has 0 saturated heterocycles. The number of aryl methyl sites for hydroxylation is 1. The summed E-state index contributed by atoms with van der Waals surface area (Å²) in [4.78, 5) is 23.7. The number of anilines is 1. The summed E-state index contributed by atoms with van der Waals surface area (Å²) in [6.45, 7) is 3.18. The molecule has 0 radical (unpaired) electrons. The van der Waals surface area contributed by atoms with Crippen molar-refractivity contribution >= 4 is 17.6 Å². The predicted octanol–water partition coefficient (Wildman–Crippen LogP) is 3.75. The van der Waals surface area contributed by atoms with E-state index in [-0.39, 0.29) is 13.0 Å². The fourth-order valence-electron chi connectivity index (χ4n) is 2.13. The molecule has 1 amide bonds. The first-order chi connectivity index (χ1) is 12.8. The summed E-state index contributed by atoms with van der Waals surface area (Å²) in [5.74, 6) is -5.56. The molecule has 5 nitrogen and oxygen atoms in total. The highest BCUT2D eigenvalue weighted by molar-refractivity contribution is 5.95. The zero-order valence-corrected chi connectivity index (χ0v) is 14.7. The molecule has 0 aliphatic carbocycles. The lowest BCUT2D eigenvalue weighted by Crippen LogP contribution is -2.30. The van der Waals surface area contributed by atoms with Crippen LogP contribution in [0.25, 0.3) is 0 Å². The van der Waals surface area contributed by atoms with Gasteiger partial charge < -0.3 is 14.8 Å². The minimum atomic E-state index is -1.70. The molecule has 0 bridgehead atoms. The van der Waals surface area contributed by atoms with E-state index >= 15 is 0 Å². The number of halogens is 3. The molecular formula is C19H18F3NO4. The smallest absolute Gasteiger partial charge is 0.310 e. The van der Waals surface area contributed by atoms with Crippen molar-refractivity contribution in [1.29, 1.82) is 0 Å². The largest absolute Gasteiger partial charge is 0.493 e. The van der Waals surface area contributed by atoms with E-state index in [1.165, 1.54) is 6.92 Å². The Morgan fingerprint density at radius 1 is 1.07 bits per heavy atom. The van der Waals surface area contributed by atoms with Crippen molar-refractivity contribution in [1.82, 2.24) is 0 Å². The Hall–Kier alpha value is -3.03. The van der Waals surface area contributed by atoms with Gasteiger partial charge in [-0.1, -0.05) is 18.2 Å². The average molecular weight is 381 g/mol. The summed E-state index contributed by atoms with van der Waals surface area (Å²) in [6.07, 6.45) is -1.37. The monoisotopic (exact) mass is 381 g/mol. The summed E-state index contributed by atoms with van der Waals surface area (Å²) in [5.41, 5.74) is 0.358. The molecule has 0 saturated carbocycles. The second-order valence-corrected chi connectivity index (χ2v) is 5.71. The van der Waals surface area contributed by atoms with E-state index in [0.29, 0.717) is 11.8 Å². The van der Waals surface area contributed by atoms with Gasteiger partial charge in [0.05, 0.1) is 18.7 Å². The molecule has 0 aromatic heterocycles. The van der Waals surface area contributed by atoms with E-state index in [0.717, 1.165) is 11.6 Å².